The zero-order valence-electron chi connectivity index (χ0n) is 12.6. The molecule has 0 aromatic heterocycles. The van der Waals surface area contributed by atoms with Gasteiger partial charge in [-0.15, -0.1) is 0 Å². The van der Waals surface area contributed by atoms with E-state index in [0.717, 1.165) is 12.8 Å². The quantitative estimate of drug-likeness (QED) is 0.582. The van der Waals surface area contributed by atoms with Gasteiger partial charge in [-0.3, -0.25) is 0 Å². The second kappa shape index (κ2) is 7.69. The van der Waals surface area contributed by atoms with Gasteiger partial charge in [0.25, 0.3) is 0 Å². The van der Waals surface area contributed by atoms with Gasteiger partial charge in [0.1, 0.15) is 0 Å². The van der Waals surface area contributed by atoms with Crippen LogP contribution in [0.5, 0.6) is 0 Å². The average molecular weight is 264 g/mol. The molecule has 20 heavy (non-hydrogen) atoms. The summed E-state index contributed by atoms with van der Waals surface area (Å²) in [5.74, 6) is 0. The highest BCUT2D eigenvalue weighted by Crippen LogP contribution is 2.18. The molecule has 2 aromatic carbocycles. The zero-order valence-corrected chi connectivity index (χ0v) is 12.6. The summed E-state index contributed by atoms with van der Waals surface area (Å²) in [7, 11) is 0. The molecule has 0 heterocycles. The largest absolute Gasteiger partial charge is 0.0651 e. The smallest absolute Gasteiger partial charge is 0.0224 e. The lowest BCUT2D eigenvalue weighted by Gasteiger charge is -2.06. The molecule has 0 N–H and O–H groups in total. The first-order valence-electron chi connectivity index (χ1n) is 7.69. The minimum atomic E-state index is 1.15. The molecule has 0 amide bonds. The van der Waals surface area contributed by atoms with Crippen molar-refractivity contribution in [1.82, 2.24) is 0 Å². The number of benzene rings is 2. The molecule has 0 unspecified atom stereocenters. The molecule has 0 bridgehead atoms. The van der Waals surface area contributed by atoms with Crippen LogP contribution in [0.1, 0.15) is 48.9 Å². The second-order valence-electron chi connectivity index (χ2n) is 5.23. The van der Waals surface area contributed by atoms with Crippen LogP contribution in [0.4, 0.5) is 0 Å². The molecular formula is C20H24. The molecule has 104 valence electrons. The molecule has 2 aromatic rings. The van der Waals surface area contributed by atoms with Gasteiger partial charge in [0, 0.05) is 0 Å². The van der Waals surface area contributed by atoms with Gasteiger partial charge in [-0.25, -0.2) is 0 Å². The van der Waals surface area contributed by atoms with Crippen molar-refractivity contribution in [3.05, 3.63) is 70.8 Å². The van der Waals surface area contributed by atoms with Gasteiger partial charge < -0.3 is 0 Å². The summed E-state index contributed by atoms with van der Waals surface area (Å²) in [5.41, 5.74) is 5.58. The highest BCUT2D eigenvalue weighted by molar-refractivity contribution is 5.72. The van der Waals surface area contributed by atoms with E-state index in [9.17, 15) is 0 Å². The molecule has 0 aliphatic carbocycles. The van der Waals surface area contributed by atoms with E-state index in [1.807, 2.05) is 0 Å². The van der Waals surface area contributed by atoms with Crippen molar-refractivity contribution >= 4 is 12.2 Å². The maximum atomic E-state index is 2.26. The van der Waals surface area contributed by atoms with Crippen LogP contribution >= 0.6 is 0 Å². The van der Waals surface area contributed by atoms with Gasteiger partial charge >= 0.3 is 0 Å². The minimum absolute atomic E-state index is 1.15. The Morgan fingerprint density at radius 2 is 1.05 bits per heavy atom. The van der Waals surface area contributed by atoms with Gasteiger partial charge in [-0.05, 0) is 35.1 Å². The highest BCUT2D eigenvalue weighted by Gasteiger charge is 1.99. The van der Waals surface area contributed by atoms with Crippen molar-refractivity contribution in [3.63, 3.8) is 0 Å². The van der Waals surface area contributed by atoms with E-state index in [0.29, 0.717) is 0 Å². The molecule has 0 saturated carbocycles. The van der Waals surface area contributed by atoms with Crippen molar-refractivity contribution < 1.29 is 0 Å². The average Bonchev–Trinajstić information content (AvgIpc) is 2.48. The number of hydrogen-bond acceptors (Lipinski definition) is 0. The Labute approximate surface area is 123 Å². The van der Waals surface area contributed by atoms with E-state index >= 15 is 0 Å². The first-order chi connectivity index (χ1) is 9.85. The van der Waals surface area contributed by atoms with Gasteiger partial charge in [-0.1, -0.05) is 87.4 Å². The Kier molecular flexibility index (Phi) is 5.61. The second-order valence-corrected chi connectivity index (χ2v) is 5.23. The third-order valence-electron chi connectivity index (χ3n) is 3.59. The fourth-order valence-corrected chi connectivity index (χ4v) is 2.57. The molecule has 2 rings (SSSR count). The molecular weight excluding hydrogens is 240 g/mol. The summed E-state index contributed by atoms with van der Waals surface area (Å²) in [6, 6.07) is 17.4. The van der Waals surface area contributed by atoms with Gasteiger partial charge in [0.05, 0.1) is 0 Å². The van der Waals surface area contributed by atoms with Crippen molar-refractivity contribution in [2.24, 2.45) is 0 Å². The zero-order chi connectivity index (χ0) is 14.2. The molecule has 0 aliphatic heterocycles. The van der Waals surface area contributed by atoms with Crippen LogP contribution < -0.4 is 0 Å². The summed E-state index contributed by atoms with van der Waals surface area (Å²) < 4.78 is 0. The summed E-state index contributed by atoms with van der Waals surface area (Å²) in [6.45, 7) is 4.47. The van der Waals surface area contributed by atoms with Crippen molar-refractivity contribution in [1.29, 1.82) is 0 Å². The lowest BCUT2D eigenvalue weighted by molar-refractivity contribution is 0.918. The van der Waals surface area contributed by atoms with Crippen LogP contribution in [-0.4, -0.2) is 0 Å². The van der Waals surface area contributed by atoms with E-state index in [2.05, 4.69) is 74.5 Å². The van der Waals surface area contributed by atoms with Crippen LogP contribution in [0, 0.1) is 0 Å². The van der Waals surface area contributed by atoms with Crippen LogP contribution in [0.2, 0.25) is 0 Å². The Morgan fingerprint density at radius 1 is 0.650 bits per heavy atom. The topological polar surface area (TPSA) is 0 Å². The van der Waals surface area contributed by atoms with Crippen LogP contribution in [0.25, 0.3) is 12.2 Å². The maximum absolute atomic E-state index is 2.26. The molecule has 0 radical (unpaired) electrons. The third kappa shape index (κ3) is 3.84. The first kappa shape index (κ1) is 14.6. The fourth-order valence-electron chi connectivity index (χ4n) is 2.57. The summed E-state index contributed by atoms with van der Waals surface area (Å²) in [6.07, 6.45) is 9.21. The lowest BCUT2D eigenvalue weighted by atomic mass is 9.99. The first-order valence-corrected chi connectivity index (χ1v) is 7.69. The normalized spacial score (nSPS) is 11.1. The predicted molar refractivity (Wildman–Crippen MR) is 89.8 cm³/mol. The molecule has 0 fully saturated rings. The van der Waals surface area contributed by atoms with Gasteiger partial charge in [-0.2, -0.15) is 0 Å². The molecule has 0 spiro atoms. The SMILES string of the molecule is CCCc1ccccc1/C=C/c1ccccc1CCC. The molecule has 0 heteroatoms. The molecule has 0 saturated heterocycles. The predicted octanol–water partition coefficient (Wildman–Crippen LogP) is 5.76. The molecule has 0 aliphatic rings. The standard InChI is InChI=1S/C20H24/c1-3-9-17-11-5-7-13-19(17)15-16-20-14-8-6-12-18(20)10-4-2/h5-8,11-16H,3-4,9-10H2,1-2H3/b16-15+. The van der Waals surface area contributed by atoms with Gasteiger partial charge in [0.15, 0.2) is 0 Å². The van der Waals surface area contributed by atoms with E-state index in [1.54, 1.807) is 0 Å². The van der Waals surface area contributed by atoms with Crippen molar-refractivity contribution in [2.75, 3.05) is 0 Å². The van der Waals surface area contributed by atoms with Crippen molar-refractivity contribution in [3.8, 4) is 0 Å². The Hall–Kier alpha value is -1.82. The van der Waals surface area contributed by atoms with Gasteiger partial charge in [0.2, 0.25) is 0 Å². The summed E-state index contributed by atoms with van der Waals surface area (Å²) in [5, 5.41) is 0. The van der Waals surface area contributed by atoms with E-state index in [1.165, 1.54) is 35.1 Å². The van der Waals surface area contributed by atoms with Crippen LogP contribution in [0.15, 0.2) is 48.5 Å². The van der Waals surface area contributed by atoms with Crippen LogP contribution in [-0.2, 0) is 12.8 Å². The third-order valence-corrected chi connectivity index (χ3v) is 3.59. The van der Waals surface area contributed by atoms with Crippen molar-refractivity contribution in [2.45, 2.75) is 39.5 Å². The fraction of sp³-hybridized carbons (Fsp3) is 0.300. The Bertz CT molecular complexity index is 512. The minimum Gasteiger partial charge on any atom is -0.0651 e. The maximum Gasteiger partial charge on any atom is -0.0224 e. The number of aryl methyl sites for hydroxylation is 2. The summed E-state index contributed by atoms with van der Waals surface area (Å²) >= 11 is 0. The summed E-state index contributed by atoms with van der Waals surface area (Å²) in [4.78, 5) is 0. The lowest BCUT2D eigenvalue weighted by Crippen LogP contribution is -1.89. The highest BCUT2D eigenvalue weighted by atomic mass is 14.0. The van der Waals surface area contributed by atoms with Crippen LogP contribution in [0.3, 0.4) is 0 Å². The van der Waals surface area contributed by atoms with E-state index < -0.39 is 0 Å². The Balaban J connectivity index is 2.25. The number of hydrogen-bond donors (Lipinski definition) is 0. The van der Waals surface area contributed by atoms with E-state index in [-0.39, 0.29) is 0 Å². The van der Waals surface area contributed by atoms with E-state index in [4.69, 9.17) is 0 Å². The Morgan fingerprint density at radius 3 is 1.45 bits per heavy atom. The molecule has 0 nitrogen and oxygen atoms in total. The number of rotatable bonds is 6. The molecule has 0 atom stereocenters. The monoisotopic (exact) mass is 264 g/mol.